The van der Waals surface area contributed by atoms with Gasteiger partial charge in [-0.3, -0.25) is 0 Å². The zero-order chi connectivity index (χ0) is 15.4. The van der Waals surface area contributed by atoms with Crippen LogP contribution in [0.15, 0.2) is 61.2 Å². The fourth-order valence-corrected chi connectivity index (χ4v) is 2.42. The first-order valence-corrected chi connectivity index (χ1v) is 7.49. The average Bonchev–Trinajstić information content (AvgIpc) is 2.55. The molecule has 0 saturated heterocycles. The third kappa shape index (κ3) is 3.26. The Balaban J connectivity index is 1.98. The van der Waals surface area contributed by atoms with Gasteiger partial charge in [0.05, 0.1) is 5.52 Å². The van der Waals surface area contributed by atoms with Crippen molar-refractivity contribution < 1.29 is 0 Å². The Bertz CT molecular complexity index is 797. The van der Waals surface area contributed by atoms with Gasteiger partial charge in [-0.2, -0.15) is 0 Å². The molecule has 3 rings (SSSR count). The maximum atomic E-state index is 5.92. The number of aromatic nitrogens is 2. The topological polar surface area (TPSA) is 37.8 Å². The van der Waals surface area contributed by atoms with Crippen molar-refractivity contribution in [1.82, 2.24) is 9.97 Å². The predicted molar refractivity (Wildman–Crippen MR) is 92.5 cm³/mol. The summed E-state index contributed by atoms with van der Waals surface area (Å²) in [4.78, 5) is 9.30. The molecule has 0 bridgehead atoms. The molecule has 0 radical (unpaired) electrons. The SMILES string of the molecule is C=CCNc1nc(Cc2ccc(Cl)cc2)nc2ccccc12. The molecule has 0 amide bonds. The lowest BCUT2D eigenvalue weighted by atomic mass is 10.1. The standard InChI is InChI=1S/C18H16ClN3/c1-2-11-20-18-15-5-3-4-6-16(15)21-17(22-18)12-13-7-9-14(19)10-8-13/h2-10H,1,11-12H2,(H,20,21,22). The molecule has 0 atom stereocenters. The van der Waals surface area contributed by atoms with E-state index in [9.17, 15) is 0 Å². The molecule has 3 aromatic rings. The van der Waals surface area contributed by atoms with Crippen molar-refractivity contribution >= 4 is 28.3 Å². The van der Waals surface area contributed by atoms with E-state index in [4.69, 9.17) is 11.6 Å². The van der Waals surface area contributed by atoms with Crippen molar-refractivity contribution in [3.05, 3.63) is 77.6 Å². The minimum Gasteiger partial charge on any atom is -0.366 e. The Labute approximate surface area is 134 Å². The van der Waals surface area contributed by atoms with Gasteiger partial charge in [0.2, 0.25) is 0 Å². The normalized spacial score (nSPS) is 10.6. The fraction of sp³-hybridized carbons (Fsp3) is 0.111. The largest absolute Gasteiger partial charge is 0.366 e. The van der Waals surface area contributed by atoms with E-state index in [-0.39, 0.29) is 0 Å². The minimum absolute atomic E-state index is 0.668. The molecule has 0 spiro atoms. The van der Waals surface area contributed by atoms with E-state index in [1.165, 1.54) is 0 Å². The Morgan fingerprint density at radius 2 is 1.82 bits per heavy atom. The highest BCUT2D eigenvalue weighted by molar-refractivity contribution is 6.30. The summed E-state index contributed by atoms with van der Waals surface area (Å²) in [6.07, 6.45) is 2.49. The zero-order valence-corrected chi connectivity index (χ0v) is 12.8. The van der Waals surface area contributed by atoms with E-state index in [1.54, 1.807) is 0 Å². The molecule has 0 aliphatic heterocycles. The minimum atomic E-state index is 0.668. The number of nitrogens with one attached hydrogen (secondary N) is 1. The van der Waals surface area contributed by atoms with Gasteiger partial charge in [-0.05, 0) is 29.8 Å². The maximum absolute atomic E-state index is 5.92. The highest BCUT2D eigenvalue weighted by Crippen LogP contribution is 2.21. The van der Waals surface area contributed by atoms with Gasteiger partial charge >= 0.3 is 0 Å². The number of halogens is 1. The summed E-state index contributed by atoms with van der Waals surface area (Å²) in [5.41, 5.74) is 2.07. The number of hydrogen-bond donors (Lipinski definition) is 1. The molecule has 4 heteroatoms. The first kappa shape index (κ1) is 14.5. The van der Waals surface area contributed by atoms with Crippen LogP contribution in [0.2, 0.25) is 5.02 Å². The van der Waals surface area contributed by atoms with Crippen molar-refractivity contribution in [3.8, 4) is 0 Å². The van der Waals surface area contributed by atoms with E-state index < -0.39 is 0 Å². The van der Waals surface area contributed by atoms with E-state index in [1.807, 2.05) is 54.6 Å². The summed E-state index contributed by atoms with van der Waals surface area (Å²) < 4.78 is 0. The van der Waals surface area contributed by atoms with Gasteiger partial charge in [0.25, 0.3) is 0 Å². The van der Waals surface area contributed by atoms with Crippen molar-refractivity contribution in [2.45, 2.75) is 6.42 Å². The van der Waals surface area contributed by atoms with Crippen LogP contribution in [0.5, 0.6) is 0 Å². The molecular formula is C18H16ClN3. The highest BCUT2D eigenvalue weighted by Gasteiger charge is 2.07. The fourth-order valence-electron chi connectivity index (χ4n) is 2.29. The smallest absolute Gasteiger partial charge is 0.137 e. The molecule has 1 aromatic heterocycles. The van der Waals surface area contributed by atoms with Gasteiger partial charge in [0.1, 0.15) is 11.6 Å². The first-order valence-electron chi connectivity index (χ1n) is 7.11. The Morgan fingerprint density at radius 3 is 2.59 bits per heavy atom. The summed E-state index contributed by atoms with van der Waals surface area (Å²) >= 11 is 5.92. The monoisotopic (exact) mass is 309 g/mol. The van der Waals surface area contributed by atoms with Crippen LogP contribution in [0.25, 0.3) is 10.9 Å². The molecule has 110 valence electrons. The van der Waals surface area contributed by atoms with E-state index in [0.717, 1.165) is 33.1 Å². The lowest BCUT2D eigenvalue weighted by Crippen LogP contribution is -2.05. The Hall–Kier alpha value is -2.39. The molecule has 3 nitrogen and oxygen atoms in total. The van der Waals surface area contributed by atoms with Crippen molar-refractivity contribution in [2.75, 3.05) is 11.9 Å². The highest BCUT2D eigenvalue weighted by atomic mass is 35.5. The van der Waals surface area contributed by atoms with Crippen LogP contribution in [-0.4, -0.2) is 16.5 Å². The van der Waals surface area contributed by atoms with Gasteiger partial charge in [-0.15, -0.1) is 6.58 Å². The zero-order valence-electron chi connectivity index (χ0n) is 12.1. The number of anilines is 1. The van der Waals surface area contributed by atoms with Crippen molar-refractivity contribution in [1.29, 1.82) is 0 Å². The third-order valence-electron chi connectivity index (χ3n) is 3.34. The lowest BCUT2D eigenvalue weighted by molar-refractivity contribution is 0.990. The third-order valence-corrected chi connectivity index (χ3v) is 3.59. The molecule has 1 N–H and O–H groups in total. The number of rotatable bonds is 5. The van der Waals surface area contributed by atoms with Crippen LogP contribution in [0.1, 0.15) is 11.4 Å². The van der Waals surface area contributed by atoms with E-state index in [2.05, 4.69) is 21.9 Å². The number of para-hydroxylation sites is 1. The molecule has 0 aliphatic carbocycles. The number of nitrogens with zero attached hydrogens (tertiary/aromatic N) is 2. The van der Waals surface area contributed by atoms with Gasteiger partial charge in [-0.25, -0.2) is 9.97 Å². The number of benzene rings is 2. The molecule has 0 saturated carbocycles. The summed E-state index contributed by atoms with van der Waals surface area (Å²) in [5, 5.41) is 5.03. The Kier molecular flexibility index (Phi) is 4.35. The first-order chi connectivity index (χ1) is 10.8. The van der Waals surface area contributed by atoms with Crippen LogP contribution in [0.4, 0.5) is 5.82 Å². The van der Waals surface area contributed by atoms with Crippen LogP contribution in [0, 0.1) is 0 Å². The van der Waals surface area contributed by atoms with Crippen LogP contribution in [-0.2, 0) is 6.42 Å². The molecule has 0 fully saturated rings. The van der Waals surface area contributed by atoms with Crippen molar-refractivity contribution in [3.63, 3.8) is 0 Å². The quantitative estimate of drug-likeness (QED) is 0.706. The second-order valence-corrected chi connectivity index (χ2v) is 5.41. The van der Waals surface area contributed by atoms with E-state index in [0.29, 0.717) is 13.0 Å². The molecule has 0 aliphatic rings. The van der Waals surface area contributed by atoms with Gasteiger partial charge in [-0.1, -0.05) is 41.9 Å². The number of fused-ring (bicyclic) bond motifs is 1. The summed E-state index contributed by atoms with van der Waals surface area (Å²) in [6, 6.07) is 15.8. The summed E-state index contributed by atoms with van der Waals surface area (Å²) in [5.74, 6) is 1.63. The summed E-state index contributed by atoms with van der Waals surface area (Å²) in [7, 11) is 0. The van der Waals surface area contributed by atoms with Gasteiger partial charge in [0, 0.05) is 23.4 Å². The van der Waals surface area contributed by atoms with Gasteiger partial charge < -0.3 is 5.32 Å². The van der Waals surface area contributed by atoms with Crippen LogP contribution < -0.4 is 5.32 Å². The van der Waals surface area contributed by atoms with Crippen LogP contribution >= 0.6 is 11.6 Å². The van der Waals surface area contributed by atoms with E-state index >= 15 is 0 Å². The second kappa shape index (κ2) is 6.58. The van der Waals surface area contributed by atoms with Gasteiger partial charge in [0.15, 0.2) is 0 Å². The molecule has 1 heterocycles. The average molecular weight is 310 g/mol. The van der Waals surface area contributed by atoms with Crippen molar-refractivity contribution in [2.24, 2.45) is 0 Å². The maximum Gasteiger partial charge on any atom is 0.137 e. The van der Waals surface area contributed by atoms with Crippen LogP contribution in [0.3, 0.4) is 0 Å². The lowest BCUT2D eigenvalue weighted by Gasteiger charge is -2.09. The second-order valence-electron chi connectivity index (χ2n) is 4.98. The molecule has 0 unspecified atom stereocenters. The molecule has 22 heavy (non-hydrogen) atoms. The molecule has 2 aromatic carbocycles. The molecular weight excluding hydrogens is 294 g/mol. The number of hydrogen-bond acceptors (Lipinski definition) is 3. The summed E-state index contributed by atoms with van der Waals surface area (Å²) in [6.45, 7) is 4.40. The predicted octanol–water partition coefficient (Wildman–Crippen LogP) is 4.47. The Morgan fingerprint density at radius 1 is 1.05 bits per heavy atom.